The molecule has 1 heterocycles. The fraction of sp³-hybridized carbons (Fsp3) is 0.304. The van der Waals surface area contributed by atoms with Crippen LogP contribution in [0.4, 0.5) is 5.69 Å². The van der Waals surface area contributed by atoms with Crippen LogP contribution in [0.15, 0.2) is 47.6 Å². The fourth-order valence-electron chi connectivity index (χ4n) is 3.07. The number of amides is 2. The average molecular weight is 472 g/mol. The molecule has 0 unspecified atom stereocenters. The molecule has 0 radical (unpaired) electrons. The number of carbonyl (C=O) groups excluding carboxylic acids is 2. The van der Waals surface area contributed by atoms with Gasteiger partial charge in [0.1, 0.15) is 0 Å². The van der Waals surface area contributed by atoms with Crippen molar-refractivity contribution < 1.29 is 9.59 Å². The third kappa shape index (κ3) is 5.89. The van der Waals surface area contributed by atoms with Crippen LogP contribution in [-0.4, -0.2) is 32.3 Å². The van der Waals surface area contributed by atoms with Gasteiger partial charge in [-0.2, -0.15) is 0 Å². The Hall–Kier alpha value is -2.84. The summed E-state index contributed by atoms with van der Waals surface area (Å²) in [4.78, 5) is 24.9. The van der Waals surface area contributed by atoms with E-state index in [1.165, 1.54) is 11.8 Å². The molecule has 9 heteroatoms. The molecule has 1 aromatic heterocycles. The minimum Gasteiger partial charge on any atom is -0.342 e. The smallest absolute Gasteiger partial charge is 0.251 e. The Labute approximate surface area is 197 Å². The molecule has 32 heavy (non-hydrogen) atoms. The van der Waals surface area contributed by atoms with Crippen LogP contribution in [0.3, 0.4) is 0 Å². The summed E-state index contributed by atoms with van der Waals surface area (Å²) in [6, 6.07) is 12.5. The van der Waals surface area contributed by atoms with Gasteiger partial charge in [0, 0.05) is 22.8 Å². The van der Waals surface area contributed by atoms with E-state index in [9.17, 15) is 9.59 Å². The van der Waals surface area contributed by atoms with E-state index in [0.717, 1.165) is 11.1 Å². The number of halogens is 1. The number of aryl methyl sites for hydroxylation is 2. The monoisotopic (exact) mass is 471 g/mol. The molecule has 2 amide bonds. The fourth-order valence-corrected chi connectivity index (χ4v) is 4.06. The number of nitrogens with one attached hydrogen (secondary N) is 2. The van der Waals surface area contributed by atoms with Crippen LogP contribution in [-0.2, 0) is 11.3 Å². The van der Waals surface area contributed by atoms with Crippen molar-refractivity contribution in [1.82, 2.24) is 20.1 Å². The molecule has 0 spiro atoms. The Kier molecular flexibility index (Phi) is 7.93. The Balaban J connectivity index is 1.62. The van der Waals surface area contributed by atoms with Crippen LogP contribution in [0.5, 0.6) is 0 Å². The lowest BCUT2D eigenvalue weighted by molar-refractivity contribution is -0.113. The minimum absolute atomic E-state index is 0.164. The van der Waals surface area contributed by atoms with Gasteiger partial charge in [-0.25, -0.2) is 0 Å². The van der Waals surface area contributed by atoms with Gasteiger partial charge in [-0.3, -0.25) is 9.59 Å². The summed E-state index contributed by atoms with van der Waals surface area (Å²) in [5.41, 5.74) is 3.28. The molecule has 0 fully saturated rings. The molecule has 0 aliphatic heterocycles. The normalized spacial score (nSPS) is 11.8. The highest BCUT2D eigenvalue weighted by Crippen LogP contribution is 2.23. The summed E-state index contributed by atoms with van der Waals surface area (Å²) in [6.07, 6.45) is 0. The first-order chi connectivity index (χ1) is 15.3. The zero-order valence-electron chi connectivity index (χ0n) is 18.5. The van der Waals surface area contributed by atoms with Gasteiger partial charge in [0.05, 0.1) is 11.8 Å². The number of nitrogens with zero attached hydrogens (tertiary/aromatic N) is 3. The average Bonchev–Trinajstić information content (AvgIpc) is 3.18. The van der Waals surface area contributed by atoms with Crippen molar-refractivity contribution in [2.75, 3.05) is 11.1 Å². The summed E-state index contributed by atoms with van der Waals surface area (Å²) in [6.45, 7) is 8.33. The summed E-state index contributed by atoms with van der Waals surface area (Å²) >= 11 is 7.41. The molecule has 3 aromatic rings. The van der Waals surface area contributed by atoms with Gasteiger partial charge in [0.25, 0.3) is 5.91 Å². The van der Waals surface area contributed by atoms with Crippen molar-refractivity contribution in [2.45, 2.75) is 45.4 Å². The van der Waals surface area contributed by atoms with E-state index in [2.05, 4.69) is 20.8 Å². The zero-order valence-corrected chi connectivity index (χ0v) is 20.0. The van der Waals surface area contributed by atoms with Gasteiger partial charge < -0.3 is 15.2 Å². The number of hydrogen-bond acceptors (Lipinski definition) is 5. The molecular weight excluding hydrogens is 446 g/mol. The highest BCUT2D eigenvalue weighted by Gasteiger charge is 2.20. The van der Waals surface area contributed by atoms with Gasteiger partial charge >= 0.3 is 0 Å². The summed E-state index contributed by atoms with van der Waals surface area (Å²) < 4.78 is 1.90. The number of anilines is 1. The second-order valence-electron chi connectivity index (χ2n) is 7.45. The van der Waals surface area contributed by atoms with Crippen molar-refractivity contribution in [3.63, 3.8) is 0 Å². The SMILES string of the molecule is CCn1c(SCC(=O)Nc2ccc(C)c(Cl)c2)nnc1[C@@H](C)NC(=O)c1ccc(C)cc1. The predicted molar refractivity (Wildman–Crippen MR) is 128 cm³/mol. The number of aromatic nitrogens is 3. The zero-order chi connectivity index (χ0) is 23.3. The third-order valence-electron chi connectivity index (χ3n) is 4.90. The first kappa shape index (κ1) is 23.8. The molecule has 0 aliphatic rings. The van der Waals surface area contributed by atoms with E-state index in [1.807, 2.05) is 56.5 Å². The van der Waals surface area contributed by atoms with Crippen LogP contribution in [0, 0.1) is 13.8 Å². The van der Waals surface area contributed by atoms with E-state index in [0.29, 0.717) is 33.8 Å². The minimum atomic E-state index is -0.339. The molecule has 2 N–H and O–H groups in total. The van der Waals surface area contributed by atoms with Crippen LogP contribution >= 0.6 is 23.4 Å². The molecule has 0 bridgehead atoms. The second kappa shape index (κ2) is 10.7. The number of hydrogen-bond donors (Lipinski definition) is 2. The van der Waals surface area contributed by atoms with Crippen molar-refractivity contribution in [1.29, 1.82) is 0 Å². The van der Waals surface area contributed by atoms with Gasteiger partial charge in [0.15, 0.2) is 11.0 Å². The Morgan fingerprint density at radius 3 is 2.50 bits per heavy atom. The maximum absolute atomic E-state index is 12.5. The van der Waals surface area contributed by atoms with Gasteiger partial charge in [-0.1, -0.05) is 47.1 Å². The van der Waals surface area contributed by atoms with Gasteiger partial charge in [-0.15, -0.1) is 10.2 Å². The lowest BCUT2D eigenvalue weighted by Crippen LogP contribution is -2.28. The molecule has 0 saturated carbocycles. The molecule has 7 nitrogen and oxygen atoms in total. The molecule has 3 rings (SSSR count). The molecule has 2 aromatic carbocycles. The number of rotatable bonds is 8. The van der Waals surface area contributed by atoms with Gasteiger partial charge in [0.2, 0.25) is 5.91 Å². The highest BCUT2D eigenvalue weighted by molar-refractivity contribution is 7.99. The molecule has 168 valence electrons. The topological polar surface area (TPSA) is 88.9 Å². The molecule has 0 aliphatic carbocycles. The highest BCUT2D eigenvalue weighted by atomic mass is 35.5. The summed E-state index contributed by atoms with van der Waals surface area (Å²) in [5.74, 6) is 0.478. The van der Waals surface area contributed by atoms with E-state index in [4.69, 9.17) is 11.6 Å². The van der Waals surface area contributed by atoms with Gasteiger partial charge in [-0.05, 0) is 57.5 Å². The van der Waals surface area contributed by atoms with Crippen LogP contribution in [0.2, 0.25) is 5.02 Å². The van der Waals surface area contributed by atoms with E-state index in [1.54, 1.807) is 18.2 Å². The number of thioether (sulfide) groups is 1. The summed E-state index contributed by atoms with van der Waals surface area (Å²) in [5, 5.41) is 15.5. The predicted octanol–water partition coefficient (Wildman–Crippen LogP) is 4.79. The maximum atomic E-state index is 12.5. The van der Waals surface area contributed by atoms with Crippen LogP contribution < -0.4 is 10.6 Å². The van der Waals surface area contributed by atoms with Crippen molar-refractivity contribution in [2.24, 2.45) is 0 Å². The Bertz CT molecular complexity index is 1110. The Morgan fingerprint density at radius 2 is 1.84 bits per heavy atom. The van der Waals surface area contributed by atoms with Crippen LogP contribution in [0.25, 0.3) is 0 Å². The molecule has 1 atom stereocenters. The van der Waals surface area contributed by atoms with E-state index < -0.39 is 0 Å². The summed E-state index contributed by atoms with van der Waals surface area (Å²) in [7, 11) is 0. The lowest BCUT2D eigenvalue weighted by atomic mass is 10.1. The standard InChI is InChI=1S/C23H26ClN5O2S/c1-5-29-21(16(4)25-22(31)17-9-6-14(2)7-10-17)27-28-23(29)32-13-20(30)26-18-11-8-15(3)19(24)12-18/h6-12,16H,5,13H2,1-4H3,(H,25,31)(H,26,30)/t16-/m1/s1. The van der Waals surface area contributed by atoms with Crippen molar-refractivity contribution in [3.8, 4) is 0 Å². The molecule has 0 saturated heterocycles. The Morgan fingerprint density at radius 1 is 1.12 bits per heavy atom. The largest absolute Gasteiger partial charge is 0.342 e. The number of benzene rings is 2. The first-order valence-electron chi connectivity index (χ1n) is 10.3. The lowest BCUT2D eigenvalue weighted by Gasteiger charge is -2.15. The first-order valence-corrected chi connectivity index (χ1v) is 11.6. The second-order valence-corrected chi connectivity index (χ2v) is 8.80. The van der Waals surface area contributed by atoms with E-state index >= 15 is 0 Å². The van der Waals surface area contributed by atoms with Crippen molar-refractivity contribution >= 4 is 40.9 Å². The quantitative estimate of drug-likeness (QED) is 0.461. The van der Waals surface area contributed by atoms with Crippen LogP contribution in [0.1, 0.15) is 47.2 Å². The maximum Gasteiger partial charge on any atom is 0.251 e. The van der Waals surface area contributed by atoms with Crippen molar-refractivity contribution in [3.05, 3.63) is 70.0 Å². The number of carbonyl (C=O) groups is 2. The van der Waals surface area contributed by atoms with E-state index in [-0.39, 0.29) is 23.6 Å². The molecular formula is C23H26ClN5O2S. The third-order valence-corrected chi connectivity index (χ3v) is 6.27.